The summed E-state index contributed by atoms with van der Waals surface area (Å²) >= 11 is 3.15. The Hall–Kier alpha value is -2.39. The van der Waals surface area contributed by atoms with Crippen LogP contribution < -0.4 is 10.1 Å². The average Bonchev–Trinajstić information content (AvgIpc) is 2.50. The largest absolute Gasteiger partial charge is 0.481 e. The van der Waals surface area contributed by atoms with Gasteiger partial charge in [0.2, 0.25) is 0 Å². The third kappa shape index (κ3) is 4.06. The van der Waals surface area contributed by atoms with Crippen LogP contribution >= 0.6 is 15.9 Å². The van der Waals surface area contributed by atoms with E-state index in [1.807, 2.05) is 6.07 Å². The van der Waals surface area contributed by atoms with Crippen molar-refractivity contribution in [2.75, 3.05) is 5.32 Å². The van der Waals surface area contributed by atoms with Gasteiger partial charge in [0.05, 0.1) is 17.3 Å². The van der Waals surface area contributed by atoms with Gasteiger partial charge < -0.3 is 10.1 Å². The summed E-state index contributed by atoms with van der Waals surface area (Å²) in [6.45, 7) is 1.55. The zero-order valence-corrected chi connectivity index (χ0v) is 13.2. The molecule has 4 nitrogen and oxygen atoms in total. The van der Waals surface area contributed by atoms with Crippen molar-refractivity contribution in [3.05, 3.63) is 58.3 Å². The number of nitrogens with one attached hydrogen (secondary N) is 1. The van der Waals surface area contributed by atoms with Crippen LogP contribution in [-0.2, 0) is 4.79 Å². The molecule has 0 spiro atoms. The number of halogens is 2. The first-order valence-electron chi connectivity index (χ1n) is 6.42. The van der Waals surface area contributed by atoms with Crippen molar-refractivity contribution in [1.82, 2.24) is 0 Å². The number of benzene rings is 2. The number of ether oxygens (including phenoxy) is 1. The maximum absolute atomic E-state index is 13.7. The van der Waals surface area contributed by atoms with Gasteiger partial charge in [-0.1, -0.05) is 22.0 Å². The van der Waals surface area contributed by atoms with Crippen molar-refractivity contribution in [2.45, 2.75) is 13.0 Å². The van der Waals surface area contributed by atoms with Gasteiger partial charge in [-0.15, -0.1) is 0 Å². The quantitative estimate of drug-likeness (QED) is 0.897. The number of hydrogen-bond donors (Lipinski definition) is 1. The summed E-state index contributed by atoms with van der Waals surface area (Å²) in [5.74, 6) is -0.622. The molecule has 0 heterocycles. The van der Waals surface area contributed by atoms with E-state index >= 15 is 0 Å². The van der Waals surface area contributed by atoms with E-state index in [2.05, 4.69) is 21.2 Å². The van der Waals surface area contributed by atoms with E-state index < -0.39 is 17.8 Å². The van der Waals surface area contributed by atoms with Gasteiger partial charge in [-0.2, -0.15) is 5.26 Å². The second kappa shape index (κ2) is 7.05. The Morgan fingerprint density at radius 1 is 1.36 bits per heavy atom. The van der Waals surface area contributed by atoms with Crippen molar-refractivity contribution >= 4 is 27.5 Å². The topological polar surface area (TPSA) is 62.1 Å². The van der Waals surface area contributed by atoms with Crippen molar-refractivity contribution < 1.29 is 13.9 Å². The molecule has 0 saturated carbocycles. The van der Waals surface area contributed by atoms with Crippen molar-refractivity contribution in [2.24, 2.45) is 0 Å². The molecule has 22 heavy (non-hydrogen) atoms. The molecule has 0 fully saturated rings. The summed E-state index contributed by atoms with van der Waals surface area (Å²) in [4.78, 5) is 12.0. The van der Waals surface area contributed by atoms with E-state index in [0.717, 1.165) is 0 Å². The Kier molecular flexibility index (Phi) is 5.12. The molecule has 1 unspecified atom stereocenters. The van der Waals surface area contributed by atoms with E-state index in [4.69, 9.17) is 10.00 Å². The maximum Gasteiger partial charge on any atom is 0.265 e. The molecule has 6 heteroatoms. The molecule has 0 saturated heterocycles. The summed E-state index contributed by atoms with van der Waals surface area (Å²) in [6.07, 6.45) is -0.836. The number of carbonyl (C=O) groups excluding carboxylic acids is 1. The number of nitriles is 1. The minimum Gasteiger partial charge on any atom is -0.481 e. The molecule has 2 aromatic rings. The summed E-state index contributed by atoms with van der Waals surface area (Å²) in [5.41, 5.74) is 0.512. The molecular formula is C16H12BrFN2O2. The van der Waals surface area contributed by atoms with Gasteiger partial charge in [-0.05, 0) is 43.3 Å². The number of carbonyl (C=O) groups is 1. The summed E-state index contributed by atoms with van der Waals surface area (Å²) < 4.78 is 19.7. The third-order valence-corrected chi connectivity index (χ3v) is 3.33. The third-order valence-electron chi connectivity index (χ3n) is 2.83. The van der Waals surface area contributed by atoms with Crippen LogP contribution in [0.3, 0.4) is 0 Å². The lowest BCUT2D eigenvalue weighted by Gasteiger charge is -2.15. The lowest BCUT2D eigenvalue weighted by Crippen LogP contribution is -2.30. The minimum absolute atomic E-state index is 0.0782. The number of nitrogens with zero attached hydrogens (tertiary/aromatic N) is 1. The number of anilines is 1. The molecule has 0 radical (unpaired) electrons. The molecule has 2 rings (SSSR count). The normalized spacial score (nSPS) is 11.4. The maximum atomic E-state index is 13.7. The van der Waals surface area contributed by atoms with Crippen LogP contribution in [0.25, 0.3) is 0 Å². The summed E-state index contributed by atoms with van der Waals surface area (Å²) in [5, 5.41) is 11.3. The predicted octanol–water partition coefficient (Wildman–Crippen LogP) is 3.87. The molecule has 0 aromatic heterocycles. The first-order valence-corrected chi connectivity index (χ1v) is 7.21. The summed E-state index contributed by atoms with van der Waals surface area (Å²) in [7, 11) is 0. The lowest BCUT2D eigenvalue weighted by atomic mass is 10.2. The van der Waals surface area contributed by atoms with Gasteiger partial charge >= 0.3 is 0 Å². The van der Waals surface area contributed by atoms with Crippen LogP contribution in [0, 0.1) is 17.1 Å². The number of rotatable bonds is 4. The molecule has 0 aliphatic carbocycles. The van der Waals surface area contributed by atoms with E-state index in [1.54, 1.807) is 31.2 Å². The zero-order valence-electron chi connectivity index (χ0n) is 11.6. The fourth-order valence-electron chi connectivity index (χ4n) is 1.72. The molecule has 112 valence electrons. The molecular weight excluding hydrogens is 351 g/mol. The predicted molar refractivity (Wildman–Crippen MR) is 84.0 cm³/mol. The molecule has 1 amide bonds. The van der Waals surface area contributed by atoms with E-state index in [0.29, 0.717) is 15.8 Å². The highest BCUT2D eigenvalue weighted by molar-refractivity contribution is 9.10. The zero-order chi connectivity index (χ0) is 16.1. The fraction of sp³-hybridized carbons (Fsp3) is 0.125. The average molecular weight is 363 g/mol. The van der Waals surface area contributed by atoms with Crippen LogP contribution in [0.5, 0.6) is 5.75 Å². The molecule has 1 atom stereocenters. The molecule has 2 aromatic carbocycles. The van der Waals surface area contributed by atoms with Crippen LogP contribution in [0.4, 0.5) is 10.1 Å². The highest BCUT2D eigenvalue weighted by Crippen LogP contribution is 2.20. The first-order chi connectivity index (χ1) is 10.5. The molecule has 1 N–H and O–H groups in total. The standard InChI is InChI=1S/C16H12BrFN2O2/c1-10(22-13-4-2-3-11(7-13)9-19)16(21)20-15-6-5-12(17)8-14(15)18/h2-8,10H,1H3,(H,20,21). The Balaban J connectivity index is 2.04. The van der Waals surface area contributed by atoms with E-state index in [9.17, 15) is 9.18 Å². The van der Waals surface area contributed by atoms with Gasteiger partial charge in [0, 0.05) is 4.47 Å². The number of amides is 1. The Labute approximate surface area is 135 Å². The van der Waals surface area contributed by atoms with Crippen LogP contribution in [0.1, 0.15) is 12.5 Å². The van der Waals surface area contributed by atoms with Crippen molar-refractivity contribution in [3.63, 3.8) is 0 Å². The monoisotopic (exact) mass is 362 g/mol. The van der Waals surface area contributed by atoms with Crippen LogP contribution in [0.2, 0.25) is 0 Å². The minimum atomic E-state index is -0.836. The van der Waals surface area contributed by atoms with Gasteiger partial charge in [-0.25, -0.2) is 4.39 Å². The Morgan fingerprint density at radius 2 is 2.14 bits per heavy atom. The van der Waals surface area contributed by atoms with Gasteiger partial charge in [0.15, 0.2) is 6.10 Å². The highest BCUT2D eigenvalue weighted by Gasteiger charge is 2.16. The number of hydrogen-bond acceptors (Lipinski definition) is 3. The van der Waals surface area contributed by atoms with E-state index in [1.165, 1.54) is 18.2 Å². The van der Waals surface area contributed by atoms with Gasteiger partial charge in [0.25, 0.3) is 5.91 Å². The van der Waals surface area contributed by atoms with Crippen LogP contribution in [-0.4, -0.2) is 12.0 Å². The second-order valence-corrected chi connectivity index (χ2v) is 5.43. The van der Waals surface area contributed by atoms with Crippen LogP contribution in [0.15, 0.2) is 46.9 Å². The van der Waals surface area contributed by atoms with Gasteiger partial charge in [0.1, 0.15) is 11.6 Å². The first kappa shape index (κ1) is 16.0. The molecule has 0 aliphatic rings. The Morgan fingerprint density at radius 3 is 2.82 bits per heavy atom. The van der Waals surface area contributed by atoms with Crippen molar-refractivity contribution in [3.8, 4) is 11.8 Å². The second-order valence-electron chi connectivity index (χ2n) is 4.51. The summed E-state index contributed by atoms with van der Waals surface area (Å²) in [6, 6.07) is 12.8. The Bertz CT molecular complexity index is 743. The van der Waals surface area contributed by atoms with Gasteiger partial charge in [-0.3, -0.25) is 4.79 Å². The molecule has 0 bridgehead atoms. The highest BCUT2D eigenvalue weighted by atomic mass is 79.9. The fourth-order valence-corrected chi connectivity index (χ4v) is 2.05. The smallest absolute Gasteiger partial charge is 0.265 e. The SMILES string of the molecule is CC(Oc1cccc(C#N)c1)C(=O)Nc1ccc(Br)cc1F. The van der Waals surface area contributed by atoms with Crippen molar-refractivity contribution in [1.29, 1.82) is 5.26 Å². The van der Waals surface area contributed by atoms with E-state index in [-0.39, 0.29) is 5.69 Å². The molecule has 0 aliphatic heterocycles. The lowest BCUT2D eigenvalue weighted by molar-refractivity contribution is -0.122.